The van der Waals surface area contributed by atoms with Crippen LogP contribution in [0.25, 0.3) is 0 Å². The van der Waals surface area contributed by atoms with Crippen molar-refractivity contribution in [2.75, 3.05) is 20.2 Å². The van der Waals surface area contributed by atoms with Gasteiger partial charge in [0, 0.05) is 18.7 Å². The molecule has 0 saturated carbocycles. The van der Waals surface area contributed by atoms with Gasteiger partial charge in [0.05, 0.1) is 17.2 Å². The minimum atomic E-state index is -0.707. The summed E-state index contributed by atoms with van der Waals surface area (Å²) in [5, 5.41) is 3.48. The van der Waals surface area contributed by atoms with E-state index in [9.17, 15) is 9.59 Å². The van der Waals surface area contributed by atoms with Gasteiger partial charge in [-0.2, -0.15) is 0 Å². The highest BCUT2D eigenvalue weighted by atomic mass is 35.5. The first-order valence-electron chi connectivity index (χ1n) is 7.69. The second kappa shape index (κ2) is 7.33. The third-order valence-corrected chi connectivity index (χ3v) is 4.81. The van der Waals surface area contributed by atoms with E-state index in [4.69, 9.17) is 27.9 Å². The van der Waals surface area contributed by atoms with Crippen LogP contribution in [0.5, 0.6) is 5.75 Å². The largest absolute Gasteiger partial charge is 0.497 e. The lowest BCUT2D eigenvalue weighted by Gasteiger charge is -2.35. The van der Waals surface area contributed by atoms with Crippen LogP contribution >= 0.6 is 23.2 Å². The van der Waals surface area contributed by atoms with E-state index in [-0.39, 0.29) is 11.8 Å². The Balaban J connectivity index is 1.94. The normalized spacial score (nSPS) is 17.2. The minimum Gasteiger partial charge on any atom is -0.497 e. The molecule has 1 fully saturated rings. The van der Waals surface area contributed by atoms with E-state index in [1.807, 2.05) is 0 Å². The molecule has 1 unspecified atom stereocenters. The van der Waals surface area contributed by atoms with Crippen molar-refractivity contribution in [3.05, 3.63) is 63.6 Å². The highest BCUT2D eigenvalue weighted by Gasteiger charge is 2.34. The standard InChI is InChI=1S/C18H16Cl2N2O3/c1-25-13-5-2-11(3-6-13)16-17(23)21-8-9-22(16)18(24)12-4-7-14(19)15(20)10-12/h2-7,10,16H,8-9H2,1H3,(H,21,23). The number of carbonyl (C=O) groups excluding carboxylic acids is 2. The van der Waals surface area contributed by atoms with Crippen molar-refractivity contribution >= 4 is 35.0 Å². The Morgan fingerprint density at radius 3 is 2.52 bits per heavy atom. The van der Waals surface area contributed by atoms with Crippen molar-refractivity contribution in [1.29, 1.82) is 0 Å². The summed E-state index contributed by atoms with van der Waals surface area (Å²) in [6, 6.07) is 11.1. The fraction of sp³-hybridized carbons (Fsp3) is 0.222. The Bertz CT molecular complexity index is 808. The first-order chi connectivity index (χ1) is 12.0. The van der Waals surface area contributed by atoms with Crippen LogP contribution in [0.3, 0.4) is 0 Å². The summed E-state index contributed by atoms with van der Waals surface area (Å²) in [5.41, 5.74) is 1.11. The fourth-order valence-corrected chi connectivity index (χ4v) is 3.10. The summed E-state index contributed by atoms with van der Waals surface area (Å²) in [7, 11) is 1.57. The van der Waals surface area contributed by atoms with Crippen LogP contribution in [0.1, 0.15) is 22.0 Å². The summed E-state index contributed by atoms with van der Waals surface area (Å²) >= 11 is 11.9. The van der Waals surface area contributed by atoms with E-state index < -0.39 is 6.04 Å². The maximum absolute atomic E-state index is 12.9. The second-order valence-electron chi connectivity index (χ2n) is 5.59. The Morgan fingerprint density at radius 2 is 1.88 bits per heavy atom. The van der Waals surface area contributed by atoms with E-state index >= 15 is 0 Å². The molecule has 25 heavy (non-hydrogen) atoms. The van der Waals surface area contributed by atoms with Gasteiger partial charge in [0.2, 0.25) is 5.91 Å². The molecule has 7 heteroatoms. The number of hydrogen-bond donors (Lipinski definition) is 1. The van der Waals surface area contributed by atoms with Gasteiger partial charge >= 0.3 is 0 Å². The second-order valence-corrected chi connectivity index (χ2v) is 6.41. The Hall–Kier alpha value is -2.24. The van der Waals surface area contributed by atoms with Gasteiger partial charge in [-0.15, -0.1) is 0 Å². The number of halogens is 2. The van der Waals surface area contributed by atoms with Gasteiger partial charge in [0.15, 0.2) is 0 Å². The predicted molar refractivity (Wildman–Crippen MR) is 96.2 cm³/mol. The van der Waals surface area contributed by atoms with Gasteiger partial charge in [-0.1, -0.05) is 35.3 Å². The lowest BCUT2D eigenvalue weighted by atomic mass is 10.0. The molecular weight excluding hydrogens is 363 g/mol. The SMILES string of the molecule is COc1ccc(C2C(=O)NCCN2C(=O)c2ccc(Cl)c(Cl)c2)cc1. The van der Waals surface area contributed by atoms with E-state index in [2.05, 4.69) is 5.32 Å². The minimum absolute atomic E-state index is 0.218. The quantitative estimate of drug-likeness (QED) is 0.890. The first kappa shape index (κ1) is 17.6. The fourth-order valence-electron chi connectivity index (χ4n) is 2.80. The van der Waals surface area contributed by atoms with Crippen LogP contribution in [-0.4, -0.2) is 36.9 Å². The molecule has 0 radical (unpaired) electrons. The van der Waals surface area contributed by atoms with Crippen LogP contribution in [-0.2, 0) is 4.79 Å². The van der Waals surface area contributed by atoms with E-state index in [1.165, 1.54) is 6.07 Å². The number of nitrogens with zero attached hydrogens (tertiary/aromatic N) is 1. The molecule has 3 rings (SSSR count). The number of benzene rings is 2. The molecule has 1 aliphatic heterocycles. The van der Waals surface area contributed by atoms with Crippen molar-refractivity contribution < 1.29 is 14.3 Å². The first-order valence-corrected chi connectivity index (χ1v) is 8.44. The maximum atomic E-state index is 12.9. The number of ether oxygens (including phenoxy) is 1. The van der Waals surface area contributed by atoms with Gasteiger partial charge in [0.1, 0.15) is 11.8 Å². The third kappa shape index (κ3) is 3.57. The molecule has 5 nitrogen and oxygen atoms in total. The zero-order valence-electron chi connectivity index (χ0n) is 13.5. The summed E-state index contributed by atoms with van der Waals surface area (Å²) in [6.45, 7) is 0.806. The third-order valence-electron chi connectivity index (χ3n) is 4.07. The molecule has 2 aromatic carbocycles. The number of rotatable bonds is 3. The Labute approximate surface area is 155 Å². The summed E-state index contributed by atoms with van der Waals surface area (Å²) in [5.74, 6) is 0.196. The molecule has 1 atom stereocenters. The Kier molecular flexibility index (Phi) is 5.16. The molecule has 0 bridgehead atoms. The van der Waals surface area contributed by atoms with Crippen molar-refractivity contribution in [2.45, 2.75) is 6.04 Å². The molecule has 0 aromatic heterocycles. The number of methoxy groups -OCH3 is 1. The van der Waals surface area contributed by atoms with Crippen molar-refractivity contribution in [1.82, 2.24) is 10.2 Å². The average Bonchev–Trinajstić information content (AvgIpc) is 2.63. The molecule has 0 spiro atoms. The van der Waals surface area contributed by atoms with Crippen LogP contribution in [0.2, 0.25) is 10.0 Å². The van der Waals surface area contributed by atoms with Crippen LogP contribution in [0.15, 0.2) is 42.5 Å². The number of amides is 2. The van der Waals surface area contributed by atoms with Gasteiger partial charge in [-0.3, -0.25) is 9.59 Å². The zero-order chi connectivity index (χ0) is 18.0. The van der Waals surface area contributed by atoms with Gasteiger partial charge < -0.3 is 15.0 Å². The van der Waals surface area contributed by atoms with Crippen molar-refractivity contribution in [3.63, 3.8) is 0 Å². The topological polar surface area (TPSA) is 58.6 Å². The molecular formula is C18H16Cl2N2O3. The summed E-state index contributed by atoms with van der Waals surface area (Å²) < 4.78 is 5.14. The lowest BCUT2D eigenvalue weighted by Crippen LogP contribution is -2.52. The predicted octanol–water partition coefficient (Wildman–Crippen LogP) is 3.32. The maximum Gasteiger partial charge on any atom is 0.254 e. The molecule has 2 amide bonds. The zero-order valence-corrected chi connectivity index (χ0v) is 15.0. The molecule has 1 aliphatic rings. The number of hydrogen-bond acceptors (Lipinski definition) is 3. The van der Waals surface area contributed by atoms with Gasteiger partial charge in [-0.25, -0.2) is 0 Å². The molecule has 130 valence electrons. The molecule has 1 N–H and O–H groups in total. The molecule has 1 heterocycles. The van der Waals surface area contributed by atoms with E-state index in [1.54, 1.807) is 48.4 Å². The lowest BCUT2D eigenvalue weighted by molar-refractivity contribution is -0.128. The van der Waals surface area contributed by atoms with E-state index in [0.29, 0.717) is 40.0 Å². The number of piperazine rings is 1. The highest BCUT2D eigenvalue weighted by molar-refractivity contribution is 6.42. The number of nitrogens with one attached hydrogen (secondary N) is 1. The van der Waals surface area contributed by atoms with Crippen LogP contribution in [0.4, 0.5) is 0 Å². The molecule has 1 saturated heterocycles. The van der Waals surface area contributed by atoms with Crippen molar-refractivity contribution in [2.24, 2.45) is 0 Å². The summed E-state index contributed by atoms with van der Waals surface area (Å²) in [6.07, 6.45) is 0. The monoisotopic (exact) mass is 378 g/mol. The number of carbonyl (C=O) groups is 2. The van der Waals surface area contributed by atoms with E-state index in [0.717, 1.165) is 0 Å². The molecule has 0 aliphatic carbocycles. The van der Waals surface area contributed by atoms with Gasteiger partial charge in [-0.05, 0) is 35.9 Å². The summed E-state index contributed by atoms with van der Waals surface area (Å²) in [4.78, 5) is 26.9. The van der Waals surface area contributed by atoms with Crippen LogP contribution in [0, 0.1) is 0 Å². The molecule has 2 aromatic rings. The van der Waals surface area contributed by atoms with Crippen LogP contribution < -0.4 is 10.1 Å². The Morgan fingerprint density at radius 1 is 1.16 bits per heavy atom. The highest BCUT2D eigenvalue weighted by Crippen LogP contribution is 2.29. The smallest absolute Gasteiger partial charge is 0.254 e. The van der Waals surface area contributed by atoms with Crippen molar-refractivity contribution in [3.8, 4) is 5.75 Å². The average molecular weight is 379 g/mol. The van der Waals surface area contributed by atoms with Gasteiger partial charge in [0.25, 0.3) is 5.91 Å².